The molecule has 25 heavy (non-hydrogen) atoms. The van der Waals surface area contributed by atoms with E-state index in [1.165, 1.54) is 6.07 Å². The zero-order chi connectivity index (χ0) is 17.9. The quantitative estimate of drug-likeness (QED) is 0.701. The summed E-state index contributed by atoms with van der Waals surface area (Å²) in [6, 6.07) is 13.8. The Bertz CT molecular complexity index is 828. The highest BCUT2D eigenvalue weighted by atomic mass is 19.4. The topological polar surface area (TPSA) is 34.0 Å². The van der Waals surface area contributed by atoms with Crippen molar-refractivity contribution < 1.29 is 13.2 Å². The van der Waals surface area contributed by atoms with E-state index in [9.17, 15) is 13.2 Å². The van der Waals surface area contributed by atoms with Crippen LogP contribution in [-0.2, 0) is 19.3 Å². The summed E-state index contributed by atoms with van der Waals surface area (Å²) in [7, 11) is 1.71. The van der Waals surface area contributed by atoms with Crippen molar-refractivity contribution in [3.05, 3.63) is 77.7 Å². The molecule has 2 aromatic heterocycles. The molecule has 4 nitrogen and oxygen atoms in total. The van der Waals surface area contributed by atoms with Gasteiger partial charge in [0, 0.05) is 25.4 Å². The van der Waals surface area contributed by atoms with Gasteiger partial charge >= 0.3 is 6.18 Å². The molecule has 0 fully saturated rings. The molecule has 0 saturated carbocycles. The molecule has 130 valence electrons. The molecular weight excluding hydrogens is 329 g/mol. The number of alkyl halides is 3. The molecule has 2 heterocycles. The van der Waals surface area contributed by atoms with Gasteiger partial charge in [-0.2, -0.15) is 18.3 Å². The van der Waals surface area contributed by atoms with Gasteiger partial charge in [-0.25, -0.2) is 4.98 Å². The molecule has 0 aliphatic heterocycles. The smallest absolute Gasteiger partial charge is 0.355 e. The van der Waals surface area contributed by atoms with Gasteiger partial charge in [0.05, 0.1) is 12.7 Å². The normalized spacial score (nSPS) is 11.5. The van der Waals surface area contributed by atoms with Crippen molar-refractivity contribution in [3.8, 4) is 0 Å². The molecule has 0 N–H and O–H groups in total. The number of rotatable bonds is 5. The average Bonchev–Trinajstić information content (AvgIpc) is 3.02. The van der Waals surface area contributed by atoms with E-state index < -0.39 is 11.9 Å². The molecule has 1 aromatic carbocycles. The highest BCUT2D eigenvalue weighted by Gasteiger charge is 2.32. The average molecular weight is 346 g/mol. The van der Waals surface area contributed by atoms with Crippen LogP contribution in [0.15, 0.2) is 60.9 Å². The zero-order valence-electron chi connectivity index (χ0n) is 13.6. The molecule has 0 spiro atoms. The predicted molar refractivity (Wildman–Crippen MR) is 89.1 cm³/mol. The second-order valence-electron chi connectivity index (χ2n) is 5.77. The predicted octanol–water partition coefficient (Wildman–Crippen LogP) is 3.98. The lowest BCUT2D eigenvalue weighted by Gasteiger charge is -2.18. The molecule has 0 bridgehead atoms. The summed E-state index contributed by atoms with van der Waals surface area (Å²) in [6.07, 6.45) is -0.846. The van der Waals surface area contributed by atoms with Gasteiger partial charge in [0.2, 0.25) is 0 Å². The molecule has 7 heteroatoms. The maximum atomic E-state index is 12.8. The molecule has 0 aliphatic rings. The molecule has 0 amide bonds. The first-order chi connectivity index (χ1) is 11.9. The number of halogens is 3. The van der Waals surface area contributed by atoms with Crippen LogP contribution in [0.4, 0.5) is 19.0 Å². The summed E-state index contributed by atoms with van der Waals surface area (Å²) in [6.45, 7) is 1.06. The van der Waals surface area contributed by atoms with Crippen LogP contribution in [0.5, 0.6) is 0 Å². The van der Waals surface area contributed by atoms with E-state index in [2.05, 4.69) is 10.1 Å². The maximum Gasteiger partial charge on any atom is 0.433 e. The van der Waals surface area contributed by atoms with Crippen LogP contribution in [0, 0.1) is 0 Å². The standard InChI is InChI=1S/C18H17F3N4/c1-24(17-9-5-8-16(23-17)18(19,20)21)11-15-10-22-25(13-15)12-14-6-3-2-4-7-14/h2-10,13H,11-12H2,1H3. The first-order valence-electron chi connectivity index (χ1n) is 7.72. The van der Waals surface area contributed by atoms with Crippen LogP contribution in [0.3, 0.4) is 0 Å². The minimum absolute atomic E-state index is 0.269. The van der Waals surface area contributed by atoms with E-state index in [-0.39, 0.29) is 5.82 Å². The van der Waals surface area contributed by atoms with E-state index in [1.54, 1.807) is 28.9 Å². The monoisotopic (exact) mass is 346 g/mol. The summed E-state index contributed by atoms with van der Waals surface area (Å²) in [5.41, 5.74) is 1.14. The van der Waals surface area contributed by atoms with Crippen LogP contribution in [0.2, 0.25) is 0 Å². The van der Waals surface area contributed by atoms with Gasteiger partial charge in [-0.05, 0) is 17.7 Å². The number of hydrogen-bond acceptors (Lipinski definition) is 3. The Kier molecular flexibility index (Phi) is 4.74. The number of benzene rings is 1. The highest BCUT2D eigenvalue weighted by molar-refractivity contribution is 5.39. The lowest BCUT2D eigenvalue weighted by molar-refractivity contribution is -0.141. The second kappa shape index (κ2) is 6.96. The van der Waals surface area contributed by atoms with Gasteiger partial charge in [0.1, 0.15) is 11.5 Å². The van der Waals surface area contributed by atoms with Crippen LogP contribution in [0.25, 0.3) is 0 Å². The van der Waals surface area contributed by atoms with E-state index in [0.717, 1.165) is 17.2 Å². The van der Waals surface area contributed by atoms with Gasteiger partial charge < -0.3 is 4.90 Å². The number of aromatic nitrogens is 3. The largest absolute Gasteiger partial charge is 0.433 e. The van der Waals surface area contributed by atoms with Crippen molar-refractivity contribution in [2.45, 2.75) is 19.3 Å². The Morgan fingerprint density at radius 2 is 1.76 bits per heavy atom. The van der Waals surface area contributed by atoms with E-state index in [1.807, 2.05) is 36.5 Å². The van der Waals surface area contributed by atoms with Gasteiger partial charge in [-0.3, -0.25) is 4.68 Å². The molecule has 0 aliphatic carbocycles. The fourth-order valence-corrected chi connectivity index (χ4v) is 2.49. The Hall–Kier alpha value is -2.83. The molecule has 3 rings (SSSR count). The highest BCUT2D eigenvalue weighted by Crippen LogP contribution is 2.28. The van der Waals surface area contributed by atoms with E-state index in [4.69, 9.17) is 0 Å². The molecule has 0 radical (unpaired) electrons. The van der Waals surface area contributed by atoms with Gasteiger partial charge in [-0.1, -0.05) is 36.4 Å². The fourth-order valence-electron chi connectivity index (χ4n) is 2.49. The fraction of sp³-hybridized carbons (Fsp3) is 0.222. The second-order valence-corrected chi connectivity index (χ2v) is 5.77. The minimum atomic E-state index is -4.45. The number of nitrogens with zero attached hydrogens (tertiary/aromatic N) is 4. The molecule has 0 saturated heterocycles. The van der Waals surface area contributed by atoms with Crippen LogP contribution in [0.1, 0.15) is 16.8 Å². The van der Waals surface area contributed by atoms with Crippen molar-refractivity contribution >= 4 is 5.82 Å². The van der Waals surface area contributed by atoms with E-state index in [0.29, 0.717) is 13.1 Å². The van der Waals surface area contributed by atoms with Crippen LogP contribution in [-0.4, -0.2) is 21.8 Å². The van der Waals surface area contributed by atoms with Crippen molar-refractivity contribution in [2.24, 2.45) is 0 Å². The summed E-state index contributed by atoms with van der Waals surface area (Å²) in [5.74, 6) is 0.269. The van der Waals surface area contributed by atoms with Crippen molar-refractivity contribution in [1.82, 2.24) is 14.8 Å². The number of pyridine rings is 1. The molecule has 0 atom stereocenters. The van der Waals surface area contributed by atoms with Gasteiger partial charge in [0.25, 0.3) is 0 Å². The van der Waals surface area contributed by atoms with Crippen molar-refractivity contribution in [1.29, 1.82) is 0 Å². The lowest BCUT2D eigenvalue weighted by atomic mass is 10.2. The minimum Gasteiger partial charge on any atom is -0.355 e. The summed E-state index contributed by atoms with van der Waals surface area (Å²) < 4.78 is 40.1. The Morgan fingerprint density at radius 3 is 2.48 bits per heavy atom. The number of hydrogen-bond donors (Lipinski definition) is 0. The summed E-state index contributed by atoms with van der Waals surface area (Å²) >= 11 is 0. The first-order valence-corrected chi connectivity index (χ1v) is 7.72. The van der Waals surface area contributed by atoms with Crippen molar-refractivity contribution in [3.63, 3.8) is 0 Å². The zero-order valence-corrected chi connectivity index (χ0v) is 13.6. The van der Waals surface area contributed by atoms with Gasteiger partial charge in [-0.15, -0.1) is 0 Å². The lowest BCUT2D eigenvalue weighted by Crippen LogP contribution is -2.19. The number of anilines is 1. The third kappa shape index (κ3) is 4.37. The van der Waals surface area contributed by atoms with Gasteiger partial charge in [0.15, 0.2) is 0 Å². The molecular formula is C18H17F3N4. The molecule has 0 unspecified atom stereocenters. The van der Waals surface area contributed by atoms with Crippen LogP contribution >= 0.6 is 0 Å². The molecule has 3 aromatic rings. The van der Waals surface area contributed by atoms with E-state index >= 15 is 0 Å². The third-order valence-electron chi connectivity index (χ3n) is 3.71. The maximum absolute atomic E-state index is 12.8. The Morgan fingerprint density at radius 1 is 1.00 bits per heavy atom. The van der Waals surface area contributed by atoms with Crippen LogP contribution < -0.4 is 4.90 Å². The SMILES string of the molecule is CN(Cc1cnn(Cc2ccccc2)c1)c1cccc(C(F)(F)F)n1. The summed E-state index contributed by atoms with van der Waals surface area (Å²) in [4.78, 5) is 5.35. The third-order valence-corrected chi connectivity index (χ3v) is 3.71. The van der Waals surface area contributed by atoms with Crippen molar-refractivity contribution in [2.75, 3.05) is 11.9 Å². The summed E-state index contributed by atoms with van der Waals surface area (Å²) in [5, 5.41) is 4.30. The Labute approximate surface area is 143 Å². The first kappa shape index (κ1) is 17.0. The Balaban J connectivity index is 1.68.